The van der Waals surface area contributed by atoms with Crippen molar-refractivity contribution in [1.82, 2.24) is 4.57 Å². The molecule has 3 aromatic rings. The highest BCUT2D eigenvalue weighted by molar-refractivity contribution is 9.11. The van der Waals surface area contributed by atoms with Gasteiger partial charge in [-0.15, -0.1) is 0 Å². The Labute approximate surface area is 138 Å². The van der Waals surface area contributed by atoms with Gasteiger partial charge < -0.3 is 9.67 Å². The fraction of sp³-hybridized carbons (Fsp3) is 0.0625. The molecule has 0 atom stereocenters. The number of hydrogen-bond acceptors (Lipinski definition) is 1. The zero-order chi connectivity index (χ0) is 15.0. The molecule has 106 valence electrons. The van der Waals surface area contributed by atoms with Gasteiger partial charge in [0, 0.05) is 32.6 Å². The van der Waals surface area contributed by atoms with Crippen molar-refractivity contribution in [3.8, 4) is 0 Å². The molecule has 0 fully saturated rings. The minimum Gasteiger partial charge on any atom is -0.478 e. The van der Waals surface area contributed by atoms with E-state index < -0.39 is 5.97 Å². The van der Waals surface area contributed by atoms with Crippen LogP contribution in [0.5, 0.6) is 0 Å². The molecule has 1 heterocycles. The third kappa shape index (κ3) is 2.76. The first-order valence-corrected chi connectivity index (χ1v) is 7.90. The molecule has 1 N–H and O–H groups in total. The van der Waals surface area contributed by atoms with Gasteiger partial charge >= 0.3 is 5.97 Å². The second-order valence-corrected chi connectivity index (χ2v) is 6.44. The molecule has 21 heavy (non-hydrogen) atoms. The van der Waals surface area contributed by atoms with Crippen LogP contribution in [-0.4, -0.2) is 15.6 Å². The Morgan fingerprint density at radius 3 is 2.57 bits per heavy atom. The maximum Gasteiger partial charge on any atom is 0.335 e. The summed E-state index contributed by atoms with van der Waals surface area (Å²) < 4.78 is 3.99. The molecule has 2 aromatic carbocycles. The highest BCUT2D eigenvalue weighted by Gasteiger charge is 2.10. The van der Waals surface area contributed by atoms with E-state index in [4.69, 9.17) is 5.11 Å². The largest absolute Gasteiger partial charge is 0.478 e. The van der Waals surface area contributed by atoms with Crippen molar-refractivity contribution in [2.24, 2.45) is 0 Å². The van der Waals surface area contributed by atoms with Crippen LogP contribution < -0.4 is 0 Å². The monoisotopic (exact) mass is 407 g/mol. The average Bonchev–Trinajstić information content (AvgIpc) is 2.78. The van der Waals surface area contributed by atoms with Crippen LogP contribution in [0.15, 0.2) is 57.6 Å². The summed E-state index contributed by atoms with van der Waals surface area (Å²) in [6, 6.07) is 13.3. The molecule has 1 aromatic heterocycles. The number of carboxylic acid groups (broad SMARTS) is 1. The van der Waals surface area contributed by atoms with Crippen LogP contribution in [0.3, 0.4) is 0 Å². The van der Waals surface area contributed by atoms with E-state index in [1.807, 2.05) is 24.4 Å². The van der Waals surface area contributed by atoms with Gasteiger partial charge in [-0.05, 0) is 39.7 Å². The van der Waals surface area contributed by atoms with Crippen LogP contribution >= 0.6 is 31.9 Å². The van der Waals surface area contributed by atoms with Gasteiger partial charge in [-0.2, -0.15) is 0 Å². The van der Waals surface area contributed by atoms with Gasteiger partial charge in [0.2, 0.25) is 0 Å². The SMILES string of the molecule is O=C(O)c1ccc(Cn2cc(Br)c3ccccc32)c(Br)c1. The first-order valence-electron chi connectivity index (χ1n) is 6.31. The van der Waals surface area contributed by atoms with Crippen LogP contribution in [0.4, 0.5) is 0 Å². The lowest BCUT2D eigenvalue weighted by atomic mass is 10.1. The van der Waals surface area contributed by atoms with Crippen molar-refractivity contribution in [3.05, 3.63) is 68.7 Å². The normalized spacial score (nSPS) is 11.0. The van der Waals surface area contributed by atoms with Crippen molar-refractivity contribution in [3.63, 3.8) is 0 Å². The molecule has 0 bridgehead atoms. The summed E-state index contributed by atoms with van der Waals surface area (Å²) in [6.07, 6.45) is 2.04. The number of carbonyl (C=O) groups is 1. The molecular weight excluding hydrogens is 398 g/mol. The highest BCUT2D eigenvalue weighted by Crippen LogP contribution is 2.28. The van der Waals surface area contributed by atoms with E-state index in [9.17, 15) is 4.79 Å². The third-order valence-corrected chi connectivity index (χ3v) is 4.75. The van der Waals surface area contributed by atoms with Crippen molar-refractivity contribution in [2.75, 3.05) is 0 Å². The molecule has 0 aliphatic carbocycles. The van der Waals surface area contributed by atoms with Crippen LogP contribution in [0.1, 0.15) is 15.9 Å². The number of para-hydroxylation sites is 1. The van der Waals surface area contributed by atoms with E-state index in [1.54, 1.807) is 12.1 Å². The van der Waals surface area contributed by atoms with Gasteiger partial charge in [0.1, 0.15) is 0 Å². The van der Waals surface area contributed by atoms with Gasteiger partial charge in [0.05, 0.1) is 5.56 Å². The lowest BCUT2D eigenvalue weighted by molar-refractivity contribution is 0.0697. The van der Waals surface area contributed by atoms with Gasteiger partial charge in [-0.25, -0.2) is 4.79 Å². The number of aromatic carboxylic acids is 1. The minimum atomic E-state index is -0.920. The molecule has 0 saturated heterocycles. The number of hydrogen-bond donors (Lipinski definition) is 1. The van der Waals surface area contributed by atoms with Gasteiger partial charge in [0.15, 0.2) is 0 Å². The van der Waals surface area contributed by atoms with Gasteiger partial charge in [-0.3, -0.25) is 0 Å². The van der Waals surface area contributed by atoms with Crippen molar-refractivity contribution in [1.29, 1.82) is 0 Å². The maximum atomic E-state index is 11.0. The molecule has 0 spiro atoms. The molecule has 0 unspecified atom stereocenters. The molecule has 5 heteroatoms. The quantitative estimate of drug-likeness (QED) is 0.668. The van der Waals surface area contributed by atoms with E-state index in [1.165, 1.54) is 0 Å². The highest BCUT2D eigenvalue weighted by atomic mass is 79.9. The van der Waals surface area contributed by atoms with Gasteiger partial charge in [-0.1, -0.05) is 40.2 Å². The Bertz CT molecular complexity index is 839. The topological polar surface area (TPSA) is 42.2 Å². The molecule has 3 rings (SSSR count). The van der Waals surface area contributed by atoms with Crippen molar-refractivity contribution >= 4 is 48.7 Å². The number of rotatable bonds is 3. The fourth-order valence-electron chi connectivity index (χ4n) is 2.32. The molecule has 0 radical (unpaired) electrons. The van der Waals surface area contributed by atoms with Crippen LogP contribution in [0.25, 0.3) is 10.9 Å². The first-order chi connectivity index (χ1) is 10.1. The molecule has 0 amide bonds. The Morgan fingerprint density at radius 2 is 1.86 bits per heavy atom. The van der Waals surface area contributed by atoms with E-state index in [0.29, 0.717) is 6.54 Å². The molecule has 0 saturated carbocycles. The first kappa shape index (κ1) is 14.4. The zero-order valence-corrected chi connectivity index (χ0v) is 14.1. The number of fused-ring (bicyclic) bond motifs is 1. The number of halogens is 2. The third-order valence-electron chi connectivity index (χ3n) is 3.38. The average molecular weight is 409 g/mol. The van der Waals surface area contributed by atoms with Gasteiger partial charge in [0.25, 0.3) is 0 Å². The Morgan fingerprint density at radius 1 is 1.10 bits per heavy atom. The molecule has 3 nitrogen and oxygen atoms in total. The van der Waals surface area contributed by atoms with Crippen LogP contribution in [0.2, 0.25) is 0 Å². The van der Waals surface area contributed by atoms with Crippen molar-refractivity contribution < 1.29 is 9.90 Å². The summed E-state index contributed by atoms with van der Waals surface area (Å²) in [5, 5.41) is 10.2. The Balaban J connectivity index is 2.01. The summed E-state index contributed by atoms with van der Waals surface area (Å²) in [4.78, 5) is 11.0. The number of nitrogens with zero attached hydrogens (tertiary/aromatic N) is 1. The lowest BCUT2D eigenvalue weighted by Gasteiger charge is -2.08. The summed E-state index contributed by atoms with van der Waals surface area (Å²) >= 11 is 7.03. The number of carboxylic acids is 1. The van der Waals surface area contributed by atoms with E-state index >= 15 is 0 Å². The Hall–Kier alpha value is -1.59. The smallest absolute Gasteiger partial charge is 0.335 e. The molecule has 0 aliphatic rings. The lowest BCUT2D eigenvalue weighted by Crippen LogP contribution is -2.01. The fourth-order valence-corrected chi connectivity index (χ4v) is 3.41. The summed E-state index contributed by atoms with van der Waals surface area (Å²) in [5.74, 6) is -0.920. The standard InChI is InChI=1S/C16H11Br2NO2/c17-13-7-10(16(20)21)5-6-11(13)8-19-9-14(18)12-3-1-2-4-15(12)19/h1-7,9H,8H2,(H,20,21). The maximum absolute atomic E-state index is 11.0. The number of aromatic nitrogens is 1. The number of benzene rings is 2. The summed E-state index contributed by atoms with van der Waals surface area (Å²) in [7, 11) is 0. The van der Waals surface area contributed by atoms with Crippen molar-refractivity contribution in [2.45, 2.75) is 6.54 Å². The predicted octanol–water partition coefficient (Wildman–Crippen LogP) is 4.91. The second kappa shape index (κ2) is 5.66. The zero-order valence-electron chi connectivity index (χ0n) is 10.9. The van der Waals surface area contributed by atoms with E-state index in [2.05, 4.69) is 48.6 Å². The predicted molar refractivity (Wildman–Crippen MR) is 89.8 cm³/mol. The Kier molecular flexibility index (Phi) is 3.87. The molecular formula is C16H11Br2NO2. The second-order valence-electron chi connectivity index (χ2n) is 4.73. The van der Waals surface area contributed by atoms with Crippen LogP contribution in [-0.2, 0) is 6.54 Å². The van der Waals surface area contributed by atoms with E-state index in [-0.39, 0.29) is 5.56 Å². The van der Waals surface area contributed by atoms with Crippen LogP contribution in [0, 0.1) is 0 Å². The summed E-state index contributed by atoms with van der Waals surface area (Å²) in [6.45, 7) is 0.673. The molecule has 0 aliphatic heterocycles. The van der Waals surface area contributed by atoms with E-state index in [0.717, 1.165) is 25.4 Å². The summed E-state index contributed by atoms with van der Waals surface area (Å²) in [5.41, 5.74) is 2.45. The minimum absolute atomic E-state index is 0.282.